The SMILES string of the molecule is CCNCCCNS(=O)(=O)c1ccc(Nc2nccc(-c3ccc(NCCC(C)(C)C)cc3)n2)cc1. The molecule has 0 fully saturated rings. The second kappa shape index (κ2) is 12.8. The minimum Gasteiger partial charge on any atom is -0.385 e. The zero-order valence-corrected chi connectivity index (χ0v) is 22.5. The molecule has 8 nitrogen and oxygen atoms in total. The van der Waals surface area contributed by atoms with E-state index in [4.69, 9.17) is 0 Å². The van der Waals surface area contributed by atoms with Gasteiger partial charge in [0.1, 0.15) is 0 Å². The van der Waals surface area contributed by atoms with Crippen molar-refractivity contribution in [1.82, 2.24) is 20.0 Å². The summed E-state index contributed by atoms with van der Waals surface area (Å²) in [4.78, 5) is 9.15. The van der Waals surface area contributed by atoms with Crippen LogP contribution in [0.15, 0.2) is 65.7 Å². The summed E-state index contributed by atoms with van der Waals surface area (Å²) in [5, 5.41) is 9.79. The van der Waals surface area contributed by atoms with Gasteiger partial charge in [-0.2, -0.15) is 0 Å². The highest BCUT2D eigenvalue weighted by atomic mass is 32.2. The molecule has 2 aromatic carbocycles. The standard InChI is InChI=1S/C27H38N6O2S/c1-5-28-17-6-18-31-36(34,35)24-13-11-23(12-14-24)32-26-30-19-15-25(33-26)21-7-9-22(10-8-21)29-20-16-27(2,3)4/h7-15,19,28-29,31H,5-6,16-18,20H2,1-4H3,(H,30,32,33). The van der Waals surface area contributed by atoms with Gasteiger partial charge in [0, 0.05) is 36.2 Å². The van der Waals surface area contributed by atoms with Gasteiger partial charge in [-0.05, 0) is 73.8 Å². The van der Waals surface area contributed by atoms with Gasteiger partial charge >= 0.3 is 0 Å². The van der Waals surface area contributed by atoms with Crippen LogP contribution in [-0.2, 0) is 10.0 Å². The molecule has 1 heterocycles. The van der Waals surface area contributed by atoms with Crippen LogP contribution in [0.2, 0.25) is 0 Å². The van der Waals surface area contributed by atoms with Crippen LogP contribution in [-0.4, -0.2) is 44.6 Å². The Hall–Kier alpha value is -3.01. The van der Waals surface area contributed by atoms with Gasteiger partial charge in [-0.1, -0.05) is 39.8 Å². The maximum Gasteiger partial charge on any atom is 0.240 e. The minimum absolute atomic E-state index is 0.224. The number of benzene rings is 2. The molecule has 1 aromatic heterocycles. The van der Waals surface area contributed by atoms with Crippen LogP contribution in [0.25, 0.3) is 11.3 Å². The molecule has 0 aliphatic carbocycles. The van der Waals surface area contributed by atoms with Gasteiger partial charge in [0.05, 0.1) is 10.6 Å². The predicted octanol–water partition coefficient (Wildman–Crippen LogP) is 5.01. The van der Waals surface area contributed by atoms with E-state index in [1.807, 2.05) is 25.1 Å². The molecule has 0 unspecified atom stereocenters. The van der Waals surface area contributed by atoms with Crippen LogP contribution in [0.3, 0.4) is 0 Å². The fourth-order valence-corrected chi connectivity index (χ4v) is 4.52. The molecule has 194 valence electrons. The second-order valence-corrected chi connectivity index (χ2v) is 11.6. The molecule has 4 N–H and O–H groups in total. The topological polar surface area (TPSA) is 108 Å². The maximum absolute atomic E-state index is 12.5. The van der Waals surface area contributed by atoms with E-state index in [9.17, 15) is 8.42 Å². The molecule has 36 heavy (non-hydrogen) atoms. The van der Waals surface area contributed by atoms with Crippen molar-refractivity contribution in [3.05, 3.63) is 60.8 Å². The average Bonchev–Trinajstić information content (AvgIpc) is 2.84. The van der Waals surface area contributed by atoms with Crippen LogP contribution in [0.1, 0.15) is 40.5 Å². The first-order chi connectivity index (χ1) is 17.2. The molecule has 0 atom stereocenters. The van der Waals surface area contributed by atoms with E-state index >= 15 is 0 Å². The summed E-state index contributed by atoms with van der Waals surface area (Å²) >= 11 is 0. The third-order valence-corrected chi connectivity index (χ3v) is 7.01. The molecular weight excluding hydrogens is 472 g/mol. The highest BCUT2D eigenvalue weighted by molar-refractivity contribution is 7.89. The highest BCUT2D eigenvalue weighted by Gasteiger charge is 2.13. The number of sulfonamides is 1. The molecule has 0 saturated carbocycles. The number of hydrogen-bond acceptors (Lipinski definition) is 7. The Balaban J connectivity index is 1.59. The molecule has 0 aliphatic rings. The summed E-state index contributed by atoms with van der Waals surface area (Å²) in [6.45, 7) is 11.7. The van der Waals surface area contributed by atoms with Crippen LogP contribution >= 0.6 is 0 Å². The third-order valence-electron chi connectivity index (χ3n) is 5.53. The Bertz CT molecular complexity index is 1190. The van der Waals surface area contributed by atoms with E-state index in [1.54, 1.807) is 30.5 Å². The fraction of sp³-hybridized carbons (Fsp3) is 0.407. The van der Waals surface area contributed by atoms with Crippen LogP contribution in [0.5, 0.6) is 0 Å². The van der Waals surface area contributed by atoms with Crippen molar-refractivity contribution in [2.24, 2.45) is 5.41 Å². The molecule has 0 amide bonds. The van der Waals surface area contributed by atoms with Gasteiger partial charge in [0.25, 0.3) is 0 Å². The number of hydrogen-bond donors (Lipinski definition) is 4. The molecule has 9 heteroatoms. The van der Waals surface area contributed by atoms with Crippen molar-refractivity contribution in [2.45, 2.75) is 45.4 Å². The highest BCUT2D eigenvalue weighted by Crippen LogP contribution is 2.23. The Morgan fingerprint density at radius 3 is 2.22 bits per heavy atom. The summed E-state index contributed by atoms with van der Waals surface area (Å²) in [6.07, 6.45) is 3.53. The van der Waals surface area contributed by atoms with Crippen molar-refractivity contribution in [3.8, 4) is 11.3 Å². The molecule has 0 radical (unpaired) electrons. The first-order valence-corrected chi connectivity index (χ1v) is 13.9. The summed E-state index contributed by atoms with van der Waals surface area (Å²) < 4.78 is 27.6. The Morgan fingerprint density at radius 1 is 0.861 bits per heavy atom. The van der Waals surface area contributed by atoms with E-state index in [-0.39, 0.29) is 4.90 Å². The lowest BCUT2D eigenvalue weighted by Gasteiger charge is -2.18. The molecule has 0 spiro atoms. The zero-order valence-electron chi connectivity index (χ0n) is 21.6. The third kappa shape index (κ3) is 8.89. The summed E-state index contributed by atoms with van der Waals surface area (Å²) in [7, 11) is -3.54. The summed E-state index contributed by atoms with van der Waals surface area (Å²) in [6, 6.07) is 16.6. The van der Waals surface area contributed by atoms with Crippen LogP contribution in [0, 0.1) is 5.41 Å². The number of rotatable bonds is 13. The lowest BCUT2D eigenvalue weighted by atomic mass is 9.92. The molecule has 3 aromatic rings. The van der Waals surface area contributed by atoms with Crippen molar-refractivity contribution < 1.29 is 8.42 Å². The van der Waals surface area contributed by atoms with E-state index in [2.05, 4.69) is 63.5 Å². The first-order valence-electron chi connectivity index (χ1n) is 12.4. The number of nitrogens with one attached hydrogen (secondary N) is 4. The van der Waals surface area contributed by atoms with Crippen LogP contribution in [0.4, 0.5) is 17.3 Å². The minimum atomic E-state index is -3.54. The van der Waals surface area contributed by atoms with Crippen LogP contribution < -0.4 is 20.7 Å². The molecule has 0 saturated heterocycles. The Morgan fingerprint density at radius 2 is 1.56 bits per heavy atom. The molecular formula is C27H38N6O2S. The van der Waals surface area contributed by atoms with E-state index in [0.717, 1.165) is 49.4 Å². The van der Waals surface area contributed by atoms with Crippen molar-refractivity contribution in [2.75, 3.05) is 36.8 Å². The summed E-state index contributed by atoms with van der Waals surface area (Å²) in [5.41, 5.74) is 3.88. The lowest BCUT2D eigenvalue weighted by molar-refractivity contribution is 0.390. The molecule has 0 bridgehead atoms. The lowest BCUT2D eigenvalue weighted by Crippen LogP contribution is -2.27. The largest absolute Gasteiger partial charge is 0.385 e. The van der Waals surface area contributed by atoms with E-state index in [1.165, 1.54) is 0 Å². The normalized spacial score (nSPS) is 11.9. The quantitative estimate of drug-likeness (QED) is 0.239. The van der Waals surface area contributed by atoms with Gasteiger partial charge in [-0.3, -0.25) is 0 Å². The Kier molecular flexibility index (Phi) is 9.81. The smallest absolute Gasteiger partial charge is 0.240 e. The zero-order chi connectivity index (χ0) is 26.0. The Labute approximate surface area is 215 Å². The van der Waals surface area contributed by atoms with Crippen molar-refractivity contribution >= 4 is 27.3 Å². The maximum atomic E-state index is 12.5. The molecule has 3 rings (SSSR count). The second-order valence-electron chi connectivity index (χ2n) is 9.83. The van der Waals surface area contributed by atoms with Crippen molar-refractivity contribution in [1.29, 1.82) is 0 Å². The van der Waals surface area contributed by atoms with E-state index in [0.29, 0.717) is 23.6 Å². The predicted molar refractivity (Wildman–Crippen MR) is 148 cm³/mol. The first kappa shape index (κ1) is 27.6. The van der Waals surface area contributed by atoms with Gasteiger partial charge in [-0.25, -0.2) is 23.1 Å². The van der Waals surface area contributed by atoms with Gasteiger partial charge < -0.3 is 16.0 Å². The summed E-state index contributed by atoms with van der Waals surface area (Å²) in [5.74, 6) is 0.442. The number of anilines is 3. The number of nitrogens with zero attached hydrogens (tertiary/aromatic N) is 2. The fourth-order valence-electron chi connectivity index (χ4n) is 3.45. The monoisotopic (exact) mass is 510 g/mol. The van der Waals surface area contributed by atoms with Crippen molar-refractivity contribution in [3.63, 3.8) is 0 Å². The molecule has 0 aliphatic heterocycles. The average molecular weight is 511 g/mol. The van der Waals surface area contributed by atoms with Gasteiger partial charge in [-0.15, -0.1) is 0 Å². The van der Waals surface area contributed by atoms with Gasteiger partial charge in [0.15, 0.2) is 0 Å². The van der Waals surface area contributed by atoms with E-state index < -0.39 is 10.0 Å². The van der Waals surface area contributed by atoms with Gasteiger partial charge in [0.2, 0.25) is 16.0 Å². The number of aromatic nitrogens is 2.